The second kappa shape index (κ2) is 13.8. The third-order valence-electron chi connectivity index (χ3n) is 10.4. The summed E-state index contributed by atoms with van der Waals surface area (Å²) < 4.78 is 2.09. The first kappa shape index (κ1) is 31.8. The van der Waals surface area contributed by atoms with E-state index in [4.69, 9.17) is 0 Å². The standard InChI is InChI=1S/C34H52N4O2/c1-9-25(37(11-3,12-4)13-5)23-35-30-22-21-29-31(34(40)28-20-18-17-19-27(28)33(29)39)32(30)36-24-26(10-2)38(14-6,15-7)16-8/h17-22,25-26H,9-16,23-24H2,1-8H3/p+2. The van der Waals surface area contributed by atoms with E-state index in [1.807, 2.05) is 24.3 Å². The van der Waals surface area contributed by atoms with Crippen LogP contribution in [0, 0.1) is 0 Å². The highest BCUT2D eigenvalue weighted by Crippen LogP contribution is 2.37. The molecule has 0 fully saturated rings. The molecule has 0 bridgehead atoms. The van der Waals surface area contributed by atoms with Gasteiger partial charge < -0.3 is 19.6 Å². The average molecular weight is 551 g/mol. The number of hydrogen-bond donors (Lipinski definition) is 2. The first-order valence-corrected chi connectivity index (χ1v) is 15.8. The molecule has 0 aliphatic heterocycles. The van der Waals surface area contributed by atoms with Crippen molar-refractivity contribution in [3.8, 4) is 0 Å². The van der Waals surface area contributed by atoms with Crippen LogP contribution in [0.3, 0.4) is 0 Å². The molecule has 0 amide bonds. The van der Waals surface area contributed by atoms with Gasteiger partial charge in [-0.05, 0) is 66.5 Å². The van der Waals surface area contributed by atoms with E-state index in [1.165, 1.54) is 0 Å². The number of carbonyl (C=O) groups is 2. The predicted octanol–water partition coefficient (Wildman–Crippen LogP) is 6.60. The Kier molecular flexibility index (Phi) is 11.0. The number of fused-ring (bicyclic) bond motifs is 2. The number of rotatable bonds is 16. The maximum Gasteiger partial charge on any atom is 0.196 e. The molecule has 1 aliphatic carbocycles. The summed E-state index contributed by atoms with van der Waals surface area (Å²) in [6, 6.07) is 11.9. The highest BCUT2D eigenvalue weighted by atomic mass is 16.1. The molecule has 0 radical (unpaired) electrons. The Morgan fingerprint density at radius 3 is 1.48 bits per heavy atom. The first-order valence-electron chi connectivity index (χ1n) is 15.8. The van der Waals surface area contributed by atoms with E-state index >= 15 is 0 Å². The molecule has 2 N–H and O–H groups in total. The van der Waals surface area contributed by atoms with E-state index in [-0.39, 0.29) is 11.6 Å². The molecule has 2 aromatic carbocycles. The molecular formula is C34H54N4O2+2. The summed E-state index contributed by atoms with van der Waals surface area (Å²) in [7, 11) is 0. The number of carbonyl (C=O) groups excluding carboxylic acids is 2. The average Bonchev–Trinajstić information content (AvgIpc) is 3.00. The lowest BCUT2D eigenvalue weighted by Gasteiger charge is -2.43. The SMILES string of the molecule is CCC(CNc1ccc2c(c1NCC(CC)[N+](CC)(CC)CC)C(=O)c1ccccc1C2=O)[N+](CC)(CC)CC. The van der Waals surface area contributed by atoms with E-state index < -0.39 is 0 Å². The van der Waals surface area contributed by atoms with E-state index in [9.17, 15) is 9.59 Å². The minimum Gasteiger partial charge on any atom is -0.377 e. The van der Waals surface area contributed by atoms with Crippen molar-refractivity contribution in [2.24, 2.45) is 0 Å². The van der Waals surface area contributed by atoms with Gasteiger partial charge in [0, 0.05) is 16.7 Å². The molecule has 40 heavy (non-hydrogen) atoms. The third-order valence-corrected chi connectivity index (χ3v) is 10.4. The second-order valence-corrected chi connectivity index (χ2v) is 11.3. The molecule has 0 aromatic heterocycles. The summed E-state index contributed by atoms with van der Waals surface area (Å²) in [6.07, 6.45) is 2.11. The van der Waals surface area contributed by atoms with Crippen LogP contribution in [0.1, 0.15) is 100 Å². The van der Waals surface area contributed by atoms with Crippen LogP contribution in [0.4, 0.5) is 11.4 Å². The normalized spacial score (nSPS) is 14.9. The Morgan fingerprint density at radius 2 is 1.02 bits per heavy atom. The smallest absolute Gasteiger partial charge is 0.196 e. The third kappa shape index (κ3) is 5.71. The van der Waals surface area contributed by atoms with E-state index in [0.717, 1.165) is 85.5 Å². The summed E-state index contributed by atoms with van der Waals surface area (Å²) in [5.41, 5.74) is 3.71. The van der Waals surface area contributed by atoms with Gasteiger partial charge in [0.2, 0.25) is 0 Å². The number of quaternary nitrogens is 2. The molecular weight excluding hydrogens is 496 g/mol. The molecule has 0 saturated heterocycles. The molecule has 2 unspecified atom stereocenters. The van der Waals surface area contributed by atoms with Crippen molar-refractivity contribution >= 4 is 22.9 Å². The number of nitrogens with zero attached hydrogens (tertiary/aromatic N) is 2. The van der Waals surface area contributed by atoms with Gasteiger partial charge >= 0.3 is 0 Å². The summed E-state index contributed by atoms with van der Waals surface area (Å²) in [5, 5.41) is 7.51. The lowest BCUT2D eigenvalue weighted by Crippen LogP contribution is -2.57. The zero-order chi connectivity index (χ0) is 29.5. The van der Waals surface area contributed by atoms with E-state index in [2.05, 4.69) is 66.0 Å². The molecule has 1 aliphatic rings. The van der Waals surface area contributed by atoms with Crippen molar-refractivity contribution in [2.75, 3.05) is 63.0 Å². The topological polar surface area (TPSA) is 58.2 Å². The van der Waals surface area contributed by atoms with Crippen LogP contribution in [0.25, 0.3) is 0 Å². The highest BCUT2D eigenvalue weighted by molar-refractivity contribution is 6.30. The summed E-state index contributed by atoms with van der Waals surface area (Å²) >= 11 is 0. The van der Waals surface area contributed by atoms with E-state index in [1.54, 1.807) is 12.1 Å². The Morgan fingerprint density at radius 1 is 0.575 bits per heavy atom. The zero-order valence-corrected chi connectivity index (χ0v) is 26.4. The second-order valence-electron chi connectivity index (χ2n) is 11.3. The number of benzene rings is 2. The monoisotopic (exact) mass is 550 g/mol. The maximum atomic E-state index is 14.0. The Bertz CT molecular complexity index is 1150. The quantitative estimate of drug-likeness (QED) is 0.197. The van der Waals surface area contributed by atoms with Crippen LogP contribution in [0.15, 0.2) is 36.4 Å². The van der Waals surface area contributed by atoms with Gasteiger partial charge in [-0.15, -0.1) is 0 Å². The lowest BCUT2D eigenvalue weighted by atomic mass is 9.82. The fraction of sp³-hybridized carbons (Fsp3) is 0.588. The summed E-state index contributed by atoms with van der Waals surface area (Å²) in [4.78, 5) is 27.5. The molecule has 0 heterocycles. The largest absolute Gasteiger partial charge is 0.377 e. The van der Waals surface area contributed by atoms with Crippen molar-refractivity contribution in [2.45, 2.75) is 80.3 Å². The summed E-state index contributed by atoms with van der Waals surface area (Å²) in [6.45, 7) is 26.3. The number of ketones is 2. The van der Waals surface area contributed by atoms with Crippen molar-refractivity contribution in [3.63, 3.8) is 0 Å². The van der Waals surface area contributed by atoms with Gasteiger partial charge in [-0.3, -0.25) is 9.59 Å². The zero-order valence-electron chi connectivity index (χ0n) is 26.4. The van der Waals surface area contributed by atoms with Crippen LogP contribution in [-0.4, -0.2) is 85.0 Å². The van der Waals surface area contributed by atoms with Crippen LogP contribution < -0.4 is 10.6 Å². The van der Waals surface area contributed by atoms with Crippen molar-refractivity contribution in [1.82, 2.24) is 0 Å². The van der Waals surface area contributed by atoms with Crippen LogP contribution in [0.2, 0.25) is 0 Å². The summed E-state index contributed by atoms with van der Waals surface area (Å²) in [5.74, 6) is -0.141. The molecule has 3 rings (SSSR count). The van der Waals surface area contributed by atoms with Gasteiger partial charge in [-0.2, -0.15) is 0 Å². The predicted molar refractivity (Wildman–Crippen MR) is 169 cm³/mol. The fourth-order valence-corrected chi connectivity index (χ4v) is 7.31. The van der Waals surface area contributed by atoms with Gasteiger partial charge in [0.15, 0.2) is 11.6 Å². The minimum atomic E-state index is -0.0716. The van der Waals surface area contributed by atoms with Crippen molar-refractivity contribution < 1.29 is 18.6 Å². The molecule has 2 atom stereocenters. The van der Waals surface area contributed by atoms with Crippen molar-refractivity contribution in [1.29, 1.82) is 0 Å². The molecule has 6 nitrogen and oxygen atoms in total. The van der Waals surface area contributed by atoms with Gasteiger partial charge in [0.05, 0.1) is 69.3 Å². The maximum absolute atomic E-state index is 14.0. The van der Waals surface area contributed by atoms with Gasteiger partial charge in [-0.25, -0.2) is 0 Å². The van der Waals surface area contributed by atoms with Gasteiger partial charge in [-0.1, -0.05) is 38.1 Å². The molecule has 6 heteroatoms. The number of anilines is 2. The van der Waals surface area contributed by atoms with Crippen LogP contribution in [-0.2, 0) is 0 Å². The first-order chi connectivity index (χ1) is 19.3. The van der Waals surface area contributed by atoms with Crippen LogP contribution >= 0.6 is 0 Å². The molecule has 2 aromatic rings. The minimum absolute atomic E-state index is 0.0699. The highest BCUT2D eigenvalue weighted by Gasteiger charge is 2.36. The number of likely N-dealkylation sites (N-methyl/N-ethyl adjacent to an activating group) is 2. The molecule has 0 saturated carbocycles. The van der Waals surface area contributed by atoms with Gasteiger partial charge in [0.1, 0.15) is 12.1 Å². The Balaban J connectivity index is 2.08. The Hall–Kier alpha value is -2.70. The van der Waals surface area contributed by atoms with Crippen molar-refractivity contribution in [3.05, 3.63) is 58.7 Å². The number of hydrogen-bond acceptors (Lipinski definition) is 4. The molecule has 0 spiro atoms. The lowest BCUT2D eigenvalue weighted by molar-refractivity contribution is -0.945. The Labute approximate surface area is 243 Å². The molecule has 220 valence electrons. The number of nitrogens with one attached hydrogen (secondary N) is 2. The van der Waals surface area contributed by atoms with Crippen LogP contribution in [0.5, 0.6) is 0 Å². The van der Waals surface area contributed by atoms with Gasteiger partial charge in [0.25, 0.3) is 0 Å². The van der Waals surface area contributed by atoms with E-state index in [0.29, 0.717) is 34.3 Å². The fourth-order valence-electron chi connectivity index (χ4n) is 7.31.